The summed E-state index contributed by atoms with van der Waals surface area (Å²) in [6.07, 6.45) is 1.84. The molecule has 0 spiro atoms. The van der Waals surface area contributed by atoms with E-state index < -0.39 is 0 Å². The van der Waals surface area contributed by atoms with Crippen molar-refractivity contribution in [2.24, 2.45) is 0 Å². The Balaban J connectivity index is 2.09. The number of nitrogens with zero attached hydrogens (tertiary/aromatic N) is 2. The third-order valence-electron chi connectivity index (χ3n) is 4.20. The van der Waals surface area contributed by atoms with Crippen molar-refractivity contribution in [3.05, 3.63) is 53.1 Å². The molecule has 0 unspecified atom stereocenters. The molecule has 0 bridgehead atoms. The van der Waals surface area contributed by atoms with Crippen molar-refractivity contribution in [1.29, 1.82) is 0 Å². The standard InChI is InChI=1S/C17H22N4S/c1-10(2)21-16(13-9-11(3)19-12(13)4)15(20-17(21)22)14-7-5-6-8-18-14/h5-10,15-16,19H,1-4H3,(H,20,22)/t15-,16-/m0/s1. The van der Waals surface area contributed by atoms with Crippen LogP contribution >= 0.6 is 12.2 Å². The Hall–Kier alpha value is -1.88. The fourth-order valence-electron chi connectivity index (χ4n) is 3.31. The first-order chi connectivity index (χ1) is 10.5. The molecule has 3 rings (SSSR count). The van der Waals surface area contributed by atoms with Crippen LogP contribution in [-0.2, 0) is 0 Å². The van der Waals surface area contributed by atoms with Crippen LogP contribution in [0.5, 0.6) is 0 Å². The highest BCUT2D eigenvalue weighted by atomic mass is 32.1. The van der Waals surface area contributed by atoms with Gasteiger partial charge in [-0.2, -0.15) is 0 Å². The van der Waals surface area contributed by atoms with Crippen molar-refractivity contribution < 1.29 is 0 Å². The highest BCUT2D eigenvalue weighted by Crippen LogP contribution is 2.41. The number of hydrogen-bond acceptors (Lipinski definition) is 2. The van der Waals surface area contributed by atoms with Gasteiger partial charge in [-0.25, -0.2) is 0 Å². The third-order valence-corrected chi connectivity index (χ3v) is 4.53. The number of rotatable bonds is 3. The molecule has 2 atom stereocenters. The van der Waals surface area contributed by atoms with Crippen LogP contribution in [0.25, 0.3) is 0 Å². The SMILES string of the molecule is Cc1cc([C@H]2[C@H](c3ccccn3)NC(=S)N2C(C)C)c(C)[nH]1. The molecule has 4 nitrogen and oxygen atoms in total. The van der Waals surface area contributed by atoms with Gasteiger partial charge in [-0.15, -0.1) is 0 Å². The monoisotopic (exact) mass is 314 g/mol. The van der Waals surface area contributed by atoms with Gasteiger partial charge >= 0.3 is 0 Å². The van der Waals surface area contributed by atoms with Crippen LogP contribution in [0.4, 0.5) is 0 Å². The first kappa shape index (κ1) is 15.0. The normalized spacial score (nSPS) is 21.5. The fraction of sp³-hybridized carbons (Fsp3) is 0.412. The molecule has 22 heavy (non-hydrogen) atoms. The summed E-state index contributed by atoms with van der Waals surface area (Å²) in [6, 6.07) is 8.81. The Morgan fingerprint density at radius 1 is 1.27 bits per heavy atom. The molecule has 0 aliphatic carbocycles. The van der Waals surface area contributed by atoms with Crippen LogP contribution in [0, 0.1) is 13.8 Å². The van der Waals surface area contributed by atoms with E-state index in [2.05, 4.69) is 60.0 Å². The molecule has 1 saturated heterocycles. The van der Waals surface area contributed by atoms with Crippen LogP contribution < -0.4 is 5.32 Å². The first-order valence-electron chi connectivity index (χ1n) is 7.65. The van der Waals surface area contributed by atoms with Gasteiger partial charge in [-0.05, 0) is 63.7 Å². The van der Waals surface area contributed by atoms with Gasteiger partial charge in [0, 0.05) is 23.6 Å². The van der Waals surface area contributed by atoms with E-state index in [0.717, 1.165) is 10.8 Å². The molecule has 3 heterocycles. The minimum absolute atomic E-state index is 0.0741. The van der Waals surface area contributed by atoms with Crippen molar-refractivity contribution in [3.63, 3.8) is 0 Å². The number of aromatic amines is 1. The number of aromatic nitrogens is 2. The molecule has 1 fully saturated rings. The van der Waals surface area contributed by atoms with E-state index in [9.17, 15) is 0 Å². The smallest absolute Gasteiger partial charge is 0.170 e. The number of pyridine rings is 1. The molecule has 1 aliphatic heterocycles. The molecule has 0 radical (unpaired) electrons. The van der Waals surface area contributed by atoms with Gasteiger partial charge in [0.1, 0.15) is 0 Å². The fourth-order valence-corrected chi connectivity index (χ4v) is 3.76. The second-order valence-corrected chi connectivity index (χ2v) is 6.55. The maximum atomic E-state index is 5.60. The Labute approximate surface area is 136 Å². The quantitative estimate of drug-likeness (QED) is 0.852. The van der Waals surface area contributed by atoms with Crippen LogP contribution in [0.3, 0.4) is 0 Å². The largest absolute Gasteiger partial charge is 0.362 e. The predicted molar refractivity (Wildman–Crippen MR) is 92.7 cm³/mol. The predicted octanol–water partition coefficient (Wildman–Crippen LogP) is 3.41. The lowest BCUT2D eigenvalue weighted by atomic mass is 9.96. The lowest BCUT2D eigenvalue weighted by Crippen LogP contribution is -2.35. The van der Waals surface area contributed by atoms with Gasteiger partial charge in [0.2, 0.25) is 0 Å². The Bertz CT molecular complexity index is 677. The van der Waals surface area contributed by atoms with Crippen molar-refractivity contribution in [2.45, 2.75) is 45.8 Å². The molecule has 2 N–H and O–H groups in total. The molecule has 0 saturated carbocycles. The topological polar surface area (TPSA) is 44.0 Å². The van der Waals surface area contributed by atoms with Gasteiger partial charge in [0.15, 0.2) is 5.11 Å². The van der Waals surface area contributed by atoms with Crippen LogP contribution in [0.1, 0.15) is 48.6 Å². The summed E-state index contributed by atoms with van der Waals surface area (Å²) in [7, 11) is 0. The van der Waals surface area contributed by atoms with Crippen LogP contribution in [0.2, 0.25) is 0 Å². The minimum atomic E-state index is 0.0741. The number of hydrogen-bond donors (Lipinski definition) is 2. The van der Waals surface area contributed by atoms with Crippen molar-refractivity contribution >= 4 is 17.3 Å². The summed E-state index contributed by atoms with van der Waals surface area (Å²) in [6.45, 7) is 8.57. The van der Waals surface area contributed by atoms with Crippen molar-refractivity contribution in [3.8, 4) is 0 Å². The maximum absolute atomic E-state index is 5.60. The van der Waals surface area contributed by atoms with E-state index in [4.69, 9.17) is 12.2 Å². The second kappa shape index (κ2) is 5.72. The van der Waals surface area contributed by atoms with E-state index in [1.165, 1.54) is 17.0 Å². The minimum Gasteiger partial charge on any atom is -0.362 e. The van der Waals surface area contributed by atoms with Gasteiger partial charge < -0.3 is 15.2 Å². The van der Waals surface area contributed by atoms with E-state index in [-0.39, 0.29) is 12.1 Å². The van der Waals surface area contributed by atoms with Gasteiger partial charge in [0.05, 0.1) is 17.8 Å². The Morgan fingerprint density at radius 2 is 2.05 bits per heavy atom. The molecule has 2 aromatic heterocycles. The Morgan fingerprint density at radius 3 is 2.59 bits per heavy atom. The lowest BCUT2D eigenvalue weighted by molar-refractivity contribution is 0.269. The highest BCUT2D eigenvalue weighted by Gasteiger charge is 2.41. The lowest BCUT2D eigenvalue weighted by Gasteiger charge is -2.31. The van der Waals surface area contributed by atoms with E-state index in [0.29, 0.717) is 6.04 Å². The molecule has 2 aromatic rings. The van der Waals surface area contributed by atoms with Gasteiger partial charge in [-0.3, -0.25) is 4.98 Å². The number of aryl methyl sites for hydroxylation is 2. The average Bonchev–Trinajstić information content (AvgIpc) is 2.99. The maximum Gasteiger partial charge on any atom is 0.170 e. The number of nitrogens with one attached hydrogen (secondary N) is 2. The molecule has 116 valence electrons. The number of H-pyrrole nitrogens is 1. The van der Waals surface area contributed by atoms with E-state index in [1.807, 2.05) is 18.3 Å². The summed E-state index contributed by atoms with van der Waals surface area (Å²) in [5, 5.41) is 4.27. The summed E-state index contributed by atoms with van der Waals surface area (Å²) >= 11 is 5.60. The Kier molecular flexibility index (Phi) is 3.91. The van der Waals surface area contributed by atoms with Crippen LogP contribution in [-0.4, -0.2) is 26.0 Å². The van der Waals surface area contributed by atoms with E-state index >= 15 is 0 Å². The summed E-state index contributed by atoms with van der Waals surface area (Å²) in [5.74, 6) is 0. The van der Waals surface area contributed by atoms with E-state index in [1.54, 1.807) is 0 Å². The zero-order valence-electron chi connectivity index (χ0n) is 13.4. The highest BCUT2D eigenvalue weighted by molar-refractivity contribution is 7.80. The molecule has 0 amide bonds. The summed E-state index contributed by atoms with van der Waals surface area (Å²) < 4.78 is 0. The van der Waals surface area contributed by atoms with Crippen molar-refractivity contribution in [2.75, 3.05) is 0 Å². The van der Waals surface area contributed by atoms with Crippen LogP contribution in [0.15, 0.2) is 30.5 Å². The van der Waals surface area contributed by atoms with Gasteiger partial charge in [0.25, 0.3) is 0 Å². The first-order valence-corrected chi connectivity index (χ1v) is 8.05. The number of thiocarbonyl (C=S) groups is 1. The third kappa shape index (κ3) is 2.50. The zero-order chi connectivity index (χ0) is 15.9. The zero-order valence-corrected chi connectivity index (χ0v) is 14.2. The molecule has 5 heteroatoms. The molecular formula is C17H22N4S. The summed E-state index contributed by atoms with van der Waals surface area (Å²) in [4.78, 5) is 10.2. The summed E-state index contributed by atoms with van der Waals surface area (Å²) in [5.41, 5.74) is 4.68. The second-order valence-electron chi connectivity index (χ2n) is 6.16. The molecular weight excluding hydrogens is 292 g/mol. The molecule has 1 aliphatic rings. The van der Waals surface area contributed by atoms with Gasteiger partial charge in [-0.1, -0.05) is 6.07 Å². The molecule has 0 aromatic carbocycles. The van der Waals surface area contributed by atoms with Crippen molar-refractivity contribution in [1.82, 2.24) is 20.2 Å². The average molecular weight is 314 g/mol.